The summed E-state index contributed by atoms with van der Waals surface area (Å²) in [6, 6.07) is 17.6. The van der Waals surface area contributed by atoms with Gasteiger partial charge in [0.05, 0.1) is 34.4 Å². The summed E-state index contributed by atoms with van der Waals surface area (Å²) in [6.07, 6.45) is 1.70. The Morgan fingerprint density at radius 3 is 2.65 bits per heavy atom. The average molecular weight is 491 g/mol. The minimum Gasteiger partial charge on any atom is -0.495 e. The highest BCUT2D eigenvalue weighted by atomic mass is 35.5. The third-order valence-corrected chi connectivity index (χ3v) is 6.69. The molecule has 0 unspecified atom stereocenters. The molecule has 3 aromatic heterocycles. The maximum Gasteiger partial charge on any atom is 0.266 e. The molecule has 0 atom stereocenters. The highest BCUT2D eigenvalue weighted by molar-refractivity contribution is 7.98. The van der Waals surface area contributed by atoms with Crippen molar-refractivity contribution in [2.45, 2.75) is 17.8 Å². The Hall–Kier alpha value is -3.62. The fraction of sp³-hybridized carbons (Fsp3) is 0.120. The van der Waals surface area contributed by atoms with Crippen molar-refractivity contribution in [2.75, 3.05) is 7.11 Å². The first kappa shape index (κ1) is 22.2. The molecule has 0 N–H and O–H groups in total. The molecule has 5 rings (SSSR count). The van der Waals surface area contributed by atoms with E-state index in [2.05, 4.69) is 4.98 Å². The van der Waals surface area contributed by atoms with Gasteiger partial charge < -0.3 is 4.74 Å². The second-order valence-electron chi connectivity index (χ2n) is 7.63. The molecular formula is C25H19ClN4O3S. The van der Waals surface area contributed by atoms with Crippen LogP contribution in [0.25, 0.3) is 22.2 Å². The molecule has 34 heavy (non-hydrogen) atoms. The Kier molecular flexibility index (Phi) is 5.85. The average Bonchev–Trinajstić information content (AvgIpc) is 2.83. The van der Waals surface area contributed by atoms with Crippen LogP contribution in [0, 0.1) is 6.92 Å². The molecule has 9 heteroatoms. The summed E-state index contributed by atoms with van der Waals surface area (Å²) in [4.78, 5) is 35.5. The first-order chi connectivity index (χ1) is 16.5. The number of aryl methyl sites for hydroxylation is 1. The van der Waals surface area contributed by atoms with Crippen LogP contribution in [0.5, 0.6) is 5.75 Å². The summed E-state index contributed by atoms with van der Waals surface area (Å²) in [6.45, 7) is 1.91. The predicted molar refractivity (Wildman–Crippen MR) is 135 cm³/mol. The van der Waals surface area contributed by atoms with Crippen LogP contribution in [-0.4, -0.2) is 26.0 Å². The molecular weight excluding hydrogens is 472 g/mol. The number of benzene rings is 2. The van der Waals surface area contributed by atoms with Crippen LogP contribution >= 0.6 is 23.4 Å². The highest BCUT2D eigenvalue weighted by Gasteiger charge is 2.16. The van der Waals surface area contributed by atoms with E-state index in [4.69, 9.17) is 21.3 Å². The highest BCUT2D eigenvalue weighted by Crippen LogP contribution is 2.29. The molecule has 0 fully saturated rings. The molecule has 0 aliphatic carbocycles. The first-order valence-corrected chi connectivity index (χ1v) is 11.8. The Morgan fingerprint density at radius 1 is 1.03 bits per heavy atom. The quantitative estimate of drug-likeness (QED) is 0.263. The minimum atomic E-state index is -0.211. The standard InChI is InChI=1S/C25H19ClN4O3S/c1-15-6-5-11-29-22(31)12-16(27-23(15)29)14-34-25-28-20-8-4-3-7-18(20)24(32)30(25)17-9-10-21(33-2)19(26)13-17/h3-13H,14H2,1-2H3. The Bertz CT molecular complexity index is 1680. The zero-order valence-corrected chi connectivity index (χ0v) is 19.9. The van der Waals surface area contributed by atoms with Crippen molar-refractivity contribution in [3.63, 3.8) is 0 Å². The maximum atomic E-state index is 13.5. The number of thioether (sulfide) groups is 1. The van der Waals surface area contributed by atoms with Crippen LogP contribution in [-0.2, 0) is 5.75 Å². The van der Waals surface area contributed by atoms with Gasteiger partial charge in [0.15, 0.2) is 5.16 Å². The van der Waals surface area contributed by atoms with Crippen LogP contribution in [0.15, 0.2) is 81.6 Å². The molecule has 5 aromatic rings. The van der Waals surface area contributed by atoms with Crippen LogP contribution in [0.2, 0.25) is 5.02 Å². The number of pyridine rings is 1. The normalized spacial score (nSPS) is 11.3. The van der Waals surface area contributed by atoms with Gasteiger partial charge in [-0.15, -0.1) is 0 Å². The second kappa shape index (κ2) is 8.96. The molecule has 0 saturated carbocycles. The van der Waals surface area contributed by atoms with E-state index in [0.29, 0.717) is 49.6 Å². The fourth-order valence-corrected chi connectivity index (χ4v) is 4.91. The number of ether oxygens (including phenoxy) is 1. The van der Waals surface area contributed by atoms with Crippen molar-refractivity contribution in [3.05, 3.63) is 104 Å². The number of hydrogen-bond donors (Lipinski definition) is 0. The predicted octanol–water partition coefficient (Wildman–Crippen LogP) is 4.66. The summed E-state index contributed by atoms with van der Waals surface area (Å²) >= 11 is 7.68. The van der Waals surface area contributed by atoms with Crippen molar-refractivity contribution >= 4 is 39.9 Å². The number of para-hydroxylation sites is 1. The molecule has 2 aromatic carbocycles. The van der Waals surface area contributed by atoms with Gasteiger partial charge in [0.1, 0.15) is 11.4 Å². The fourth-order valence-electron chi connectivity index (χ4n) is 3.75. The summed E-state index contributed by atoms with van der Waals surface area (Å²) < 4.78 is 8.29. The second-order valence-corrected chi connectivity index (χ2v) is 8.98. The number of fused-ring (bicyclic) bond motifs is 2. The van der Waals surface area contributed by atoms with Crippen LogP contribution in [0.3, 0.4) is 0 Å². The van der Waals surface area contributed by atoms with E-state index in [0.717, 1.165) is 5.56 Å². The molecule has 7 nitrogen and oxygen atoms in total. The van der Waals surface area contributed by atoms with Crippen molar-refractivity contribution in [2.24, 2.45) is 0 Å². The summed E-state index contributed by atoms with van der Waals surface area (Å²) in [7, 11) is 1.53. The molecule has 0 aliphatic heterocycles. The molecule has 170 valence electrons. The van der Waals surface area contributed by atoms with Crippen LogP contribution in [0.1, 0.15) is 11.3 Å². The molecule has 0 spiro atoms. The van der Waals surface area contributed by atoms with Crippen molar-refractivity contribution in [3.8, 4) is 11.4 Å². The van der Waals surface area contributed by atoms with Gasteiger partial charge in [-0.2, -0.15) is 0 Å². The first-order valence-electron chi connectivity index (χ1n) is 10.4. The maximum absolute atomic E-state index is 13.5. The molecule has 0 aliphatic rings. The smallest absolute Gasteiger partial charge is 0.266 e. The number of halogens is 1. The lowest BCUT2D eigenvalue weighted by Gasteiger charge is -2.14. The third kappa shape index (κ3) is 3.95. The number of aromatic nitrogens is 4. The van der Waals surface area contributed by atoms with Crippen molar-refractivity contribution in [1.82, 2.24) is 18.9 Å². The van der Waals surface area contributed by atoms with Gasteiger partial charge in [0.25, 0.3) is 11.1 Å². The van der Waals surface area contributed by atoms with Gasteiger partial charge in [0.2, 0.25) is 0 Å². The number of nitrogens with zero attached hydrogens (tertiary/aromatic N) is 4. The Labute approximate surface area is 203 Å². The molecule has 0 saturated heterocycles. The van der Waals surface area contributed by atoms with E-state index < -0.39 is 0 Å². The van der Waals surface area contributed by atoms with Crippen LogP contribution in [0.4, 0.5) is 0 Å². The van der Waals surface area contributed by atoms with E-state index in [9.17, 15) is 9.59 Å². The van der Waals surface area contributed by atoms with Gasteiger partial charge in [0, 0.05) is 18.0 Å². The van der Waals surface area contributed by atoms with E-state index in [-0.39, 0.29) is 11.1 Å². The van der Waals surface area contributed by atoms with E-state index in [1.807, 2.05) is 25.1 Å². The van der Waals surface area contributed by atoms with E-state index in [1.54, 1.807) is 42.6 Å². The van der Waals surface area contributed by atoms with Crippen LogP contribution < -0.4 is 15.9 Å². The number of rotatable bonds is 5. The topological polar surface area (TPSA) is 78.5 Å². The van der Waals surface area contributed by atoms with Gasteiger partial charge >= 0.3 is 0 Å². The Balaban J connectivity index is 1.62. The SMILES string of the molecule is COc1ccc(-n2c(SCc3cc(=O)n4cccc(C)c4n3)nc3ccccc3c2=O)cc1Cl. The molecule has 3 heterocycles. The number of methoxy groups -OCH3 is 1. The van der Waals surface area contributed by atoms with E-state index >= 15 is 0 Å². The monoisotopic (exact) mass is 490 g/mol. The lowest BCUT2D eigenvalue weighted by atomic mass is 10.2. The largest absolute Gasteiger partial charge is 0.495 e. The zero-order chi connectivity index (χ0) is 23.8. The minimum absolute atomic E-state index is 0.157. The van der Waals surface area contributed by atoms with Gasteiger partial charge in [-0.3, -0.25) is 18.6 Å². The Morgan fingerprint density at radius 2 is 1.85 bits per heavy atom. The summed E-state index contributed by atoms with van der Waals surface area (Å²) in [5.74, 6) is 0.868. The lowest BCUT2D eigenvalue weighted by Crippen LogP contribution is -2.22. The summed E-state index contributed by atoms with van der Waals surface area (Å²) in [5, 5.41) is 1.35. The third-order valence-electron chi connectivity index (χ3n) is 5.43. The molecule has 0 amide bonds. The molecule has 0 bridgehead atoms. The van der Waals surface area contributed by atoms with Gasteiger partial charge in [-0.05, 0) is 48.9 Å². The zero-order valence-electron chi connectivity index (χ0n) is 18.4. The van der Waals surface area contributed by atoms with Gasteiger partial charge in [-0.1, -0.05) is 41.6 Å². The summed E-state index contributed by atoms with van der Waals surface area (Å²) in [5.41, 5.74) is 2.90. The van der Waals surface area contributed by atoms with Crippen molar-refractivity contribution < 1.29 is 4.74 Å². The number of hydrogen-bond acceptors (Lipinski definition) is 6. The van der Waals surface area contributed by atoms with Gasteiger partial charge in [-0.25, -0.2) is 9.97 Å². The van der Waals surface area contributed by atoms with E-state index in [1.165, 1.54) is 33.9 Å². The lowest BCUT2D eigenvalue weighted by molar-refractivity contribution is 0.415. The van der Waals surface area contributed by atoms with Crippen molar-refractivity contribution in [1.29, 1.82) is 0 Å². The molecule has 0 radical (unpaired) electrons.